The normalized spacial score (nSPS) is 20.3. The molecule has 0 unspecified atom stereocenters. The number of furan rings is 1. The Kier molecular flexibility index (Phi) is 4.84. The van der Waals surface area contributed by atoms with Gasteiger partial charge in [-0.05, 0) is 42.3 Å². The first-order valence-corrected chi connectivity index (χ1v) is 9.06. The molecule has 1 saturated heterocycles. The van der Waals surface area contributed by atoms with Crippen LogP contribution >= 0.6 is 0 Å². The van der Waals surface area contributed by atoms with Crippen molar-refractivity contribution in [2.45, 2.75) is 13.0 Å². The molecule has 2 aliphatic heterocycles. The molecule has 0 N–H and O–H groups in total. The number of nitrogens with zero attached hydrogens (tertiary/aromatic N) is 2. The fourth-order valence-corrected chi connectivity index (χ4v) is 3.66. The third kappa shape index (κ3) is 3.55. The van der Waals surface area contributed by atoms with E-state index in [9.17, 15) is 4.79 Å². The van der Waals surface area contributed by atoms with Crippen molar-refractivity contribution in [2.75, 3.05) is 39.9 Å². The highest BCUT2D eigenvalue weighted by atomic mass is 16.5. The van der Waals surface area contributed by atoms with Crippen LogP contribution in [-0.4, -0.2) is 55.6 Å². The lowest BCUT2D eigenvalue weighted by Crippen LogP contribution is -2.51. The van der Waals surface area contributed by atoms with Crippen molar-refractivity contribution < 1.29 is 18.7 Å². The predicted octanol–water partition coefficient (Wildman–Crippen LogP) is 2.18. The highest BCUT2D eigenvalue weighted by molar-refractivity contribution is 5.80. The molecule has 0 aliphatic carbocycles. The highest BCUT2D eigenvalue weighted by Gasteiger charge is 2.31. The second-order valence-electron chi connectivity index (χ2n) is 6.87. The Hall–Kier alpha value is -2.47. The number of carbonyl (C=O) groups excluding carboxylic acids is 1. The number of amides is 1. The van der Waals surface area contributed by atoms with E-state index >= 15 is 0 Å². The van der Waals surface area contributed by atoms with Crippen LogP contribution in [0.15, 0.2) is 41.0 Å². The van der Waals surface area contributed by atoms with E-state index in [4.69, 9.17) is 13.9 Å². The maximum atomic E-state index is 12.9. The number of rotatable bonds is 4. The second-order valence-corrected chi connectivity index (χ2v) is 6.87. The zero-order valence-corrected chi connectivity index (χ0v) is 15.0. The monoisotopic (exact) mass is 356 g/mol. The number of fused-ring (bicyclic) bond motifs is 1. The number of ether oxygens (including phenoxy) is 2. The van der Waals surface area contributed by atoms with E-state index in [1.54, 1.807) is 13.4 Å². The molecule has 1 aromatic heterocycles. The molecule has 3 heterocycles. The Bertz CT molecular complexity index is 751. The summed E-state index contributed by atoms with van der Waals surface area (Å²) in [7, 11) is 1.65. The standard InChI is InChI=1S/C20H24N2O4/c1-24-17-4-5-19-15(12-17)11-16(14-26-19)20(23)22-8-6-21(7-9-22)13-18-3-2-10-25-18/h2-5,10,12,16H,6-9,11,13-14H2,1H3/t16-/m1/s1. The van der Waals surface area contributed by atoms with Crippen molar-refractivity contribution >= 4 is 5.91 Å². The van der Waals surface area contributed by atoms with Gasteiger partial charge < -0.3 is 18.8 Å². The first-order valence-electron chi connectivity index (χ1n) is 9.06. The Balaban J connectivity index is 1.33. The van der Waals surface area contributed by atoms with Crippen LogP contribution in [0.4, 0.5) is 0 Å². The first kappa shape index (κ1) is 17.0. The SMILES string of the molecule is COc1ccc2c(c1)C[C@@H](C(=O)N1CCN(Cc3ccco3)CC1)CO2. The minimum Gasteiger partial charge on any atom is -0.497 e. The van der Waals surface area contributed by atoms with E-state index in [1.165, 1.54) is 0 Å². The molecule has 138 valence electrons. The molecule has 0 saturated carbocycles. The van der Waals surface area contributed by atoms with Gasteiger partial charge >= 0.3 is 0 Å². The summed E-state index contributed by atoms with van der Waals surface area (Å²) in [5, 5.41) is 0. The number of methoxy groups -OCH3 is 1. The summed E-state index contributed by atoms with van der Waals surface area (Å²) in [6, 6.07) is 9.67. The summed E-state index contributed by atoms with van der Waals surface area (Å²) in [4.78, 5) is 17.2. The number of hydrogen-bond donors (Lipinski definition) is 0. The van der Waals surface area contributed by atoms with Crippen molar-refractivity contribution in [2.24, 2.45) is 5.92 Å². The third-order valence-corrected chi connectivity index (χ3v) is 5.17. The van der Waals surface area contributed by atoms with E-state index in [1.807, 2.05) is 35.2 Å². The molecule has 2 aromatic rings. The van der Waals surface area contributed by atoms with Gasteiger partial charge in [-0.25, -0.2) is 0 Å². The van der Waals surface area contributed by atoms with Crippen molar-refractivity contribution in [1.29, 1.82) is 0 Å². The van der Waals surface area contributed by atoms with E-state index in [-0.39, 0.29) is 11.8 Å². The number of hydrogen-bond acceptors (Lipinski definition) is 5. The minimum absolute atomic E-state index is 0.119. The molecule has 0 radical (unpaired) electrons. The highest BCUT2D eigenvalue weighted by Crippen LogP contribution is 2.31. The zero-order chi connectivity index (χ0) is 17.9. The molecular weight excluding hydrogens is 332 g/mol. The van der Waals surface area contributed by atoms with Gasteiger partial charge in [-0.15, -0.1) is 0 Å². The minimum atomic E-state index is -0.119. The lowest BCUT2D eigenvalue weighted by Gasteiger charge is -2.37. The van der Waals surface area contributed by atoms with Crippen LogP contribution in [-0.2, 0) is 17.8 Å². The summed E-state index contributed by atoms with van der Waals surface area (Å²) in [5.41, 5.74) is 1.05. The Morgan fingerprint density at radius 1 is 1.23 bits per heavy atom. The van der Waals surface area contributed by atoms with Gasteiger partial charge in [-0.2, -0.15) is 0 Å². The molecule has 6 heteroatoms. The molecule has 1 aromatic carbocycles. The van der Waals surface area contributed by atoms with Gasteiger partial charge in [0.2, 0.25) is 5.91 Å². The van der Waals surface area contributed by atoms with Crippen LogP contribution in [0.5, 0.6) is 11.5 Å². The van der Waals surface area contributed by atoms with Gasteiger partial charge in [0.1, 0.15) is 23.9 Å². The molecule has 1 fully saturated rings. The van der Waals surface area contributed by atoms with Crippen LogP contribution in [0.25, 0.3) is 0 Å². The largest absolute Gasteiger partial charge is 0.497 e. The number of carbonyl (C=O) groups is 1. The fourth-order valence-electron chi connectivity index (χ4n) is 3.66. The molecule has 1 amide bonds. The van der Waals surface area contributed by atoms with Gasteiger partial charge in [-0.3, -0.25) is 9.69 Å². The summed E-state index contributed by atoms with van der Waals surface area (Å²) in [6.45, 7) is 4.48. The van der Waals surface area contributed by atoms with Gasteiger partial charge in [0.15, 0.2) is 0 Å². The molecule has 4 rings (SSSR count). The van der Waals surface area contributed by atoms with Gasteiger partial charge in [0.05, 0.1) is 25.8 Å². The van der Waals surface area contributed by atoms with E-state index in [0.29, 0.717) is 13.0 Å². The molecule has 0 bridgehead atoms. The summed E-state index contributed by atoms with van der Waals surface area (Å²) >= 11 is 0. The molecule has 26 heavy (non-hydrogen) atoms. The van der Waals surface area contributed by atoms with Crippen molar-refractivity contribution in [1.82, 2.24) is 9.80 Å². The van der Waals surface area contributed by atoms with E-state index in [2.05, 4.69) is 4.90 Å². The van der Waals surface area contributed by atoms with Crippen LogP contribution in [0.1, 0.15) is 11.3 Å². The lowest BCUT2D eigenvalue weighted by molar-refractivity contribution is -0.138. The fraction of sp³-hybridized carbons (Fsp3) is 0.450. The van der Waals surface area contributed by atoms with Crippen LogP contribution < -0.4 is 9.47 Å². The molecule has 2 aliphatic rings. The number of piperazine rings is 1. The first-order chi connectivity index (χ1) is 12.7. The van der Waals surface area contributed by atoms with E-state index < -0.39 is 0 Å². The lowest BCUT2D eigenvalue weighted by atomic mass is 9.95. The molecule has 6 nitrogen and oxygen atoms in total. The predicted molar refractivity (Wildman–Crippen MR) is 96.2 cm³/mol. The Morgan fingerprint density at radius 3 is 2.81 bits per heavy atom. The molecular formula is C20H24N2O4. The average molecular weight is 356 g/mol. The molecule has 1 atom stereocenters. The summed E-state index contributed by atoms with van der Waals surface area (Å²) in [6.07, 6.45) is 2.41. The van der Waals surface area contributed by atoms with Gasteiger partial charge in [-0.1, -0.05) is 0 Å². The van der Waals surface area contributed by atoms with Crippen molar-refractivity contribution in [3.8, 4) is 11.5 Å². The quantitative estimate of drug-likeness (QED) is 0.841. The Labute approximate surface area is 153 Å². The van der Waals surface area contributed by atoms with Crippen molar-refractivity contribution in [3.63, 3.8) is 0 Å². The Morgan fingerprint density at radius 2 is 2.08 bits per heavy atom. The van der Waals surface area contributed by atoms with Gasteiger partial charge in [0.25, 0.3) is 0 Å². The number of benzene rings is 1. The second kappa shape index (κ2) is 7.41. The molecule has 0 spiro atoms. The van der Waals surface area contributed by atoms with Gasteiger partial charge in [0, 0.05) is 26.2 Å². The zero-order valence-electron chi connectivity index (χ0n) is 15.0. The third-order valence-electron chi connectivity index (χ3n) is 5.17. The van der Waals surface area contributed by atoms with E-state index in [0.717, 1.165) is 55.5 Å². The van der Waals surface area contributed by atoms with Crippen molar-refractivity contribution in [3.05, 3.63) is 47.9 Å². The maximum Gasteiger partial charge on any atom is 0.229 e. The summed E-state index contributed by atoms with van der Waals surface area (Å²) < 4.78 is 16.5. The van der Waals surface area contributed by atoms with Crippen LogP contribution in [0, 0.1) is 5.92 Å². The topological polar surface area (TPSA) is 55.2 Å². The summed E-state index contributed by atoms with van der Waals surface area (Å²) in [5.74, 6) is 2.70. The average Bonchev–Trinajstić information content (AvgIpc) is 3.20. The smallest absolute Gasteiger partial charge is 0.229 e. The van der Waals surface area contributed by atoms with Crippen LogP contribution in [0.3, 0.4) is 0 Å². The maximum absolute atomic E-state index is 12.9. The van der Waals surface area contributed by atoms with Crippen LogP contribution in [0.2, 0.25) is 0 Å².